The Morgan fingerprint density at radius 2 is 1.71 bits per heavy atom. The molecular formula is C10H19BO2S. The van der Waals surface area contributed by atoms with Crippen molar-refractivity contribution in [1.29, 1.82) is 0 Å². The summed E-state index contributed by atoms with van der Waals surface area (Å²) in [4.78, 5) is 0. The predicted octanol–water partition coefficient (Wildman–Crippen LogP) is 2.51. The number of hydrogen-bond donors (Lipinski definition) is 0. The first kappa shape index (κ1) is 10.8. The van der Waals surface area contributed by atoms with E-state index in [1.54, 1.807) is 0 Å². The van der Waals surface area contributed by atoms with Crippen LogP contribution in [0, 0.1) is 0 Å². The minimum Gasteiger partial charge on any atom is -0.403 e. The van der Waals surface area contributed by atoms with Crippen molar-refractivity contribution in [3.63, 3.8) is 0 Å². The molecule has 0 bridgehead atoms. The highest BCUT2D eigenvalue weighted by molar-refractivity contribution is 8.01. The SMILES string of the molecule is CC1(C)OB(C2CCCS2)OC1(C)C. The fourth-order valence-electron chi connectivity index (χ4n) is 1.86. The van der Waals surface area contributed by atoms with Crippen LogP contribution in [-0.2, 0) is 9.31 Å². The van der Waals surface area contributed by atoms with E-state index in [0.717, 1.165) is 0 Å². The lowest BCUT2D eigenvalue weighted by Gasteiger charge is -2.32. The Balaban J connectivity index is 2.05. The number of thioether (sulfide) groups is 1. The average molecular weight is 214 g/mol. The zero-order valence-electron chi connectivity index (χ0n) is 9.50. The van der Waals surface area contributed by atoms with E-state index in [2.05, 4.69) is 27.7 Å². The van der Waals surface area contributed by atoms with Gasteiger partial charge in [0.15, 0.2) is 0 Å². The van der Waals surface area contributed by atoms with Crippen LogP contribution in [0.3, 0.4) is 0 Å². The Morgan fingerprint density at radius 1 is 1.14 bits per heavy atom. The Hall–Kier alpha value is 0.335. The van der Waals surface area contributed by atoms with Crippen molar-refractivity contribution in [2.75, 3.05) is 5.75 Å². The highest BCUT2D eigenvalue weighted by atomic mass is 32.2. The maximum atomic E-state index is 6.00. The van der Waals surface area contributed by atoms with Gasteiger partial charge >= 0.3 is 7.12 Å². The van der Waals surface area contributed by atoms with Gasteiger partial charge in [-0.05, 0) is 46.3 Å². The number of rotatable bonds is 1. The molecule has 0 N–H and O–H groups in total. The summed E-state index contributed by atoms with van der Waals surface area (Å²) in [6.45, 7) is 8.47. The first-order chi connectivity index (χ1) is 6.42. The standard InChI is InChI=1S/C10H19BO2S/c1-9(2)10(3,4)13-11(12-9)8-6-5-7-14-8/h8H,5-7H2,1-4H3. The molecule has 0 aromatic carbocycles. The molecule has 2 saturated heterocycles. The monoisotopic (exact) mass is 214 g/mol. The lowest BCUT2D eigenvalue weighted by atomic mass is 9.82. The third-order valence-electron chi connectivity index (χ3n) is 3.54. The van der Waals surface area contributed by atoms with E-state index < -0.39 is 0 Å². The molecule has 0 spiro atoms. The van der Waals surface area contributed by atoms with Gasteiger partial charge < -0.3 is 9.31 Å². The molecule has 0 amide bonds. The Labute approximate surface area is 91.3 Å². The van der Waals surface area contributed by atoms with E-state index in [-0.39, 0.29) is 18.3 Å². The molecule has 1 unspecified atom stereocenters. The van der Waals surface area contributed by atoms with E-state index in [4.69, 9.17) is 9.31 Å². The minimum atomic E-state index is -0.166. The predicted molar refractivity (Wildman–Crippen MR) is 61.6 cm³/mol. The molecule has 14 heavy (non-hydrogen) atoms. The van der Waals surface area contributed by atoms with Crippen LogP contribution >= 0.6 is 11.8 Å². The summed E-state index contributed by atoms with van der Waals surface area (Å²) in [5, 5.41) is 0.552. The van der Waals surface area contributed by atoms with Gasteiger partial charge in [-0.3, -0.25) is 0 Å². The highest BCUT2D eigenvalue weighted by Crippen LogP contribution is 2.41. The molecule has 4 heteroatoms. The maximum absolute atomic E-state index is 6.00. The van der Waals surface area contributed by atoms with E-state index in [9.17, 15) is 0 Å². The van der Waals surface area contributed by atoms with Gasteiger partial charge in [0.25, 0.3) is 0 Å². The minimum absolute atomic E-state index is 0.00694. The summed E-state index contributed by atoms with van der Waals surface area (Å²) >= 11 is 1.99. The summed E-state index contributed by atoms with van der Waals surface area (Å²) in [5.74, 6) is 1.26. The summed E-state index contributed by atoms with van der Waals surface area (Å²) in [6.07, 6.45) is 2.54. The van der Waals surface area contributed by atoms with Gasteiger partial charge in [-0.1, -0.05) is 0 Å². The van der Waals surface area contributed by atoms with Crippen LogP contribution in [0.25, 0.3) is 0 Å². The van der Waals surface area contributed by atoms with Crippen LogP contribution < -0.4 is 0 Å². The largest absolute Gasteiger partial charge is 0.471 e. The van der Waals surface area contributed by atoms with Crippen LogP contribution in [0.4, 0.5) is 0 Å². The topological polar surface area (TPSA) is 18.5 Å². The molecule has 0 aromatic heterocycles. The zero-order chi connectivity index (χ0) is 10.4. The van der Waals surface area contributed by atoms with Crippen molar-refractivity contribution in [3.05, 3.63) is 0 Å². The van der Waals surface area contributed by atoms with Crippen molar-refractivity contribution in [3.8, 4) is 0 Å². The van der Waals surface area contributed by atoms with Crippen LogP contribution in [0.2, 0.25) is 0 Å². The molecule has 2 aliphatic rings. The van der Waals surface area contributed by atoms with Gasteiger partial charge in [0, 0.05) is 5.15 Å². The molecule has 0 radical (unpaired) electrons. The lowest BCUT2D eigenvalue weighted by molar-refractivity contribution is 0.00578. The van der Waals surface area contributed by atoms with Crippen LogP contribution in [0.15, 0.2) is 0 Å². The molecule has 2 aliphatic heterocycles. The van der Waals surface area contributed by atoms with E-state index in [1.165, 1.54) is 18.6 Å². The van der Waals surface area contributed by atoms with Gasteiger partial charge in [0.05, 0.1) is 11.2 Å². The lowest BCUT2D eigenvalue weighted by Crippen LogP contribution is -2.41. The van der Waals surface area contributed by atoms with Crippen LogP contribution in [0.5, 0.6) is 0 Å². The normalized spacial score (nSPS) is 35.1. The first-order valence-corrected chi connectivity index (χ1v) is 6.44. The molecule has 2 nitrogen and oxygen atoms in total. The summed E-state index contributed by atoms with van der Waals surface area (Å²) in [6, 6.07) is 0. The molecule has 0 aliphatic carbocycles. The Bertz CT molecular complexity index is 208. The molecule has 1 atom stereocenters. The molecule has 80 valence electrons. The van der Waals surface area contributed by atoms with Gasteiger partial charge in [-0.25, -0.2) is 0 Å². The summed E-state index contributed by atoms with van der Waals surface area (Å²) in [7, 11) is 0.00694. The van der Waals surface area contributed by atoms with Crippen LogP contribution in [-0.4, -0.2) is 29.2 Å². The average Bonchev–Trinajstić information content (AvgIpc) is 2.58. The molecule has 2 heterocycles. The van der Waals surface area contributed by atoms with Crippen molar-refractivity contribution in [1.82, 2.24) is 0 Å². The third kappa shape index (κ3) is 1.72. The summed E-state index contributed by atoms with van der Waals surface area (Å²) < 4.78 is 12.0. The first-order valence-electron chi connectivity index (χ1n) is 5.40. The maximum Gasteiger partial charge on any atom is 0.471 e. The molecule has 2 fully saturated rings. The van der Waals surface area contributed by atoms with Gasteiger partial charge in [0.1, 0.15) is 0 Å². The quantitative estimate of drug-likeness (QED) is 0.625. The summed E-state index contributed by atoms with van der Waals surface area (Å²) in [5.41, 5.74) is -0.332. The second-order valence-electron chi connectivity index (χ2n) is 5.18. The van der Waals surface area contributed by atoms with E-state index in [0.29, 0.717) is 5.15 Å². The fraction of sp³-hybridized carbons (Fsp3) is 1.00. The van der Waals surface area contributed by atoms with Crippen molar-refractivity contribution in [2.45, 2.75) is 56.9 Å². The fourth-order valence-corrected chi connectivity index (χ4v) is 3.10. The second-order valence-corrected chi connectivity index (χ2v) is 6.52. The van der Waals surface area contributed by atoms with Crippen molar-refractivity contribution >= 4 is 18.9 Å². The van der Waals surface area contributed by atoms with Crippen molar-refractivity contribution in [2.24, 2.45) is 0 Å². The van der Waals surface area contributed by atoms with Crippen molar-refractivity contribution < 1.29 is 9.31 Å². The second kappa shape index (κ2) is 3.43. The molecule has 0 aromatic rings. The highest BCUT2D eigenvalue weighted by Gasteiger charge is 2.54. The Morgan fingerprint density at radius 3 is 2.14 bits per heavy atom. The zero-order valence-corrected chi connectivity index (χ0v) is 10.3. The third-order valence-corrected chi connectivity index (χ3v) is 4.95. The molecular weight excluding hydrogens is 195 g/mol. The van der Waals surface area contributed by atoms with Gasteiger partial charge in [-0.15, -0.1) is 0 Å². The number of hydrogen-bond acceptors (Lipinski definition) is 3. The molecule has 2 rings (SSSR count). The van der Waals surface area contributed by atoms with E-state index >= 15 is 0 Å². The van der Waals surface area contributed by atoms with Gasteiger partial charge in [-0.2, -0.15) is 11.8 Å². The smallest absolute Gasteiger partial charge is 0.403 e. The van der Waals surface area contributed by atoms with Gasteiger partial charge in [0.2, 0.25) is 0 Å². The van der Waals surface area contributed by atoms with Crippen LogP contribution in [0.1, 0.15) is 40.5 Å². The Kier molecular flexibility index (Phi) is 2.65. The van der Waals surface area contributed by atoms with E-state index in [1.807, 2.05) is 11.8 Å². The molecule has 0 saturated carbocycles.